The van der Waals surface area contributed by atoms with Crippen molar-refractivity contribution in [1.82, 2.24) is 0 Å². The summed E-state index contributed by atoms with van der Waals surface area (Å²) in [6.07, 6.45) is 0.767. The molecule has 1 aromatic rings. The summed E-state index contributed by atoms with van der Waals surface area (Å²) in [7, 11) is -3.48. The fourth-order valence-corrected chi connectivity index (χ4v) is 1.69. The molecule has 0 saturated carbocycles. The molecule has 0 radical (unpaired) electrons. The minimum atomic E-state index is -4.95. The van der Waals surface area contributed by atoms with Crippen LogP contribution in [-0.2, 0) is 11.0 Å². The molecule has 0 N–H and O–H groups in total. The van der Waals surface area contributed by atoms with E-state index in [2.05, 4.69) is 16.0 Å². The Morgan fingerprint density at radius 1 is 1.17 bits per heavy atom. The molecule has 18 heavy (non-hydrogen) atoms. The summed E-state index contributed by atoms with van der Waals surface area (Å²) >= 11 is 9.72. The van der Waals surface area contributed by atoms with Crippen LogP contribution in [0.2, 0.25) is 5.02 Å². The van der Waals surface area contributed by atoms with Gasteiger partial charge in [-0.15, -0.1) is 0 Å². The van der Waals surface area contributed by atoms with Gasteiger partial charge in [-0.2, -0.15) is 22.0 Å². The fraction of sp³-hybridized carbons (Fsp3) is 0.222. The molecule has 0 aromatic heterocycles. The van der Waals surface area contributed by atoms with Crippen LogP contribution in [0.1, 0.15) is 5.56 Å². The van der Waals surface area contributed by atoms with Gasteiger partial charge >= 0.3 is 10.6 Å². The number of hydrogen-bond donors (Lipinski definition) is 0. The van der Waals surface area contributed by atoms with Crippen LogP contribution < -0.4 is 0 Å². The van der Waals surface area contributed by atoms with Crippen LogP contribution in [0.15, 0.2) is 28.7 Å². The molecule has 1 aromatic carbocycles. The molecule has 9 heteroatoms. The maximum absolute atomic E-state index is 12.8. The van der Waals surface area contributed by atoms with Crippen LogP contribution in [-0.4, -0.2) is 21.1 Å². The Kier molecular flexibility index (Phi) is 4.74. The number of alkyl halides is 5. The molecular weight excluding hydrogens is 317 g/mol. The Bertz CT molecular complexity index is 472. The summed E-state index contributed by atoms with van der Waals surface area (Å²) < 4.78 is 63.8. The molecule has 100 valence electrons. The van der Waals surface area contributed by atoms with Crippen molar-refractivity contribution in [2.75, 3.05) is 0 Å². The minimum Gasteiger partial charge on any atom is -0.228 e. The molecule has 0 aliphatic heterocycles. The molecule has 1 unspecified atom stereocenters. The van der Waals surface area contributed by atoms with Gasteiger partial charge in [-0.05, 0) is 29.3 Å². The second kappa shape index (κ2) is 5.54. The monoisotopic (exact) mass is 321 g/mol. The average Bonchev–Trinajstić information content (AvgIpc) is 2.26. The average molecular weight is 322 g/mol. The van der Waals surface area contributed by atoms with Crippen LogP contribution in [0, 0.1) is 0 Å². The first-order valence-electron chi connectivity index (χ1n) is 4.31. The summed E-state index contributed by atoms with van der Waals surface area (Å²) in [4.78, 5) is 0. The van der Waals surface area contributed by atoms with Crippen molar-refractivity contribution in [1.29, 1.82) is 0 Å². The molecule has 2 nitrogen and oxygen atoms in total. The van der Waals surface area contributed by atoms with Crippen molar-refractivity contribution in [2.24, 2.45) is 4.40 Å². The zero-order valence-electron chi connectivity index (χ0n) is 8.42. The first-order chi connectivity index (χ1) is 8.14. The van der Waals surface area contributed by atoms with E-state index in [0.29, 0.717) is 5.02 Å². The molecule has 0 spiro atoms. The second-order valence-electron chi connectivity index (χ2n) is 3.05. The standard InChI is InChI=1S/C9H5Cl2F4NOS/c10-7-3-1-6(2-4-7)5-16-18(17)9(14,15)8(11,12)13/h1-5H/b16-5+. The van der Waals surface area contributed by atoms with Gasteiger partial charge in [-0.1, -0.05) is 23.7 Å². The summed E-state index contributed by atoms with van der Waals surface area (Å²) in [6.45, 7) is 0. The Morgan fingerprint density at radius 3 is 2.11 bits per heavy atom. The maximum atomic E-state index is 12.8. The first-order valence-corrected chi connectivity index (χ1v) is 6.17. The third-order valence-corrected chi connectivity index (χ3v) is 3.31. The fourth-order valence-electron chi connectivity index (χ4n) is 0.823. The van der Waals surface area contributed by atoms with E-state index in [4.69, 9.17) is 11.6 Å². The van der Waals surface area contributed by atoms with Crippen LogP contribution >= 0.6 is 23.2 Å². The van der Waals surface area contributed by atoms with Crippen molar-refractivity contribution in [3.63, 3.8) is 0 Å². The molecule has 0 amide bonds. The first kappa shape index (κ1) is 15.4. The van der Waals surface area contributed by atoms with Crippen LogP contribution in [0.4, 0.5) is 17.6 Å². The summed E-state index contributed by atoms with van der Waals surface area (Å²) in [6, 6.07) is 5.64. The molecule has 0 saturated heterocycles. The lowest BCUT2D eigenvalue weighted by Gasteiger charge is -2.17. The van der Waals surface area contributed by atoms with Crippen molar-refractivity contribution in [3.05, 3.63) is 34.9 Å². The van der Waals surface area contributed by atoms with Crippen molar-refractivity contribution >= 4 is 40.4 Å². The van der Waals surface area contributed by atoms with E-state index >= 15 is 0 Å². The van der Waals surface area contributed by atoms with Crippen molar-refractivity contribution < 1.29 is 21.8 Å². The van der Waals surface area contributed by atoms with E-state index in [-0.39, 0.29) is 5.56 Å². The molecule has 0 fully saturated rings. The van der Waals surface area contributed by atoms with Gasteiger partial charge in [0.1, 0.15) is 0 Å². The molecule has 0 aliphatic rings. The van der Waals surface area contributed by atoms with E-state index in [1.54, 1.807) is 0 Å². The van der Waals surface area contributed by atoms with E-state index < -0.39 is 21.6 Å². The van der Waals surface area contributed by atoms with E-state index in [1.807, 2.05) is 0 Å². The molecule has 0 bridgehead atoms. The van der Waals surface area contributed by atoms with Gasteiger partial charge in [0.15, 0.2) is 0 Å². The second-order valence-corrected chi connectivity index (χ2v) is 5.18. The molecule has 1 atom stereocenters. The zero-order valence-corrected chi connectivity index (χ0v) is 10.7. The normalized spacial score (nSPS) is 15.0. The predicted octanol–water partition coefficient (Wildman–Crippen LogP) is 3.85. The maximum Gasteiger partial charge on any atom is 0.417 e. The lowest BCUT2D eigenvalue weighted by Crippen LogP contribution is -2.38. The Balaban J connectivity index is 2.85. The van der Waals surface area contributed by atoms with Crippen molar-refractivity contribution in [3.8, 4) is 0 Å². The highest BCUT2D eigenvalue weighted by Crippen LogP contribution is 2.40. The van der Waals surface area contributed by atoms with Gasteiger partial charge < -0.3 is 0 Å². The smallest absolute Gasteiger partial charge is 0.228 e. The minimum absolute atomic E-state index is 0.279. The van der Waals surface area contributed by atoms with Gasteiger partial charge in [-0.25, -0.2) is 4.21 Å². The van der Waals surface area contributed by atoms with E-state index in [9.17, 15) is 21.8 Å². The van der Waals surface area contributed by atoms with Gasteiger partial charge in [0, 0.05) is 11.2 Å². The third-order valence-electron chi connectivity index (χ3n) is 1.72. The van der Waals surface area contributed by atoms with Gasteiger partial charge in [0.05, 0.1) is 0 Å². The molecule has 0 heterocycles. The highest BCUT2D eigenvalue weighted by atomic mass is 35.5. The van der Waals surface area contributed by atoms with Crippen LogP contribution in [0.25, 0.3) is 0 Å². The van der Waals surface area contributed by atoms with Crippen LogP contribution in [0.5, 0.6) is 0 Å². The van der Waals surface area contributed by atoms with Crippen LogP contribution in [0.3, 0.4) is 0 Å². The Morgan fingerprint density at radius 2 is 1.67 bits per heavy atom. The lowest BCUT2D eigenvalue weighted by atomic mass is 10.2. The largest absolute Gasteiger partial charge is 0.417 e. The zero-order chi connectivity index (χ0) is 14.0. The highest BCUT2D eigenvalue weighted by Gasteiger charge is 2.60. The topological polar surface area (TPSA) is 29.4 Å². The summed E-state index contributed by atoms with van der Waals surface area (Å²) in [5.74, 6) is 0. The summed E-state index contributed by atoms with van der Waals surface area (Å²) in [5, 5.41) is -9.49. The van der Waals surface area contributed by atoms with Gasteiger partial charge in [0.25, 0.3) is 0 Å². The number of rotatable bonds is 4. The predicted molar refractivity (Wildman–Crippen MR) is 62.9 cm³/mol. The number of hydrogen-bond acceptors (Lipinski definition) is 1. The molecular formula is C9H5Cl2F4NOS. The van der Waals surface area contributed by atoms with E-state index in [0.717, 1.165) is 6.21 Å². The Hall–Kier alpha value is -0.660. The van der Waals surface area contributed by atoms with Gasteiger partial charge in [0.2, 0.25) is 11.0 Å². The number of benzene rings is 1. The highest BCUT2D eigenvalue weighted by molar-refractivity contribution is 7.85. The lowest BCUT2D eigenvalue weighted by molar-refractivity contribution is -0.0932. The van der Waals surface area contributed by atoms with E-state index in [1.165, 1.54) is 24.3 Å². The van der Waals surface area contributed by atoms with Gasteiger partial charge in [-0.3, -0.25) is 0 Å². The van der Waals surface area contributed by atoms with Crippen molar-refractivity contribution in [2.45, 2.75) is 10.6 Å². The molecule has 0 aliphatic carbocycles. The number of halogens is 6. The molecule has 1 rings (SSSR count). The third kappa shape index (κ3) is 3.66. The summed E-state index contributed by atoms with van der Waals surface area (Å²) in [5.41, 5.74) is 0.279. The quantitative estimate of drug-likeness (QED) is 0.470. The Labute approximate surface area is 112 Å². The number of nitrogens with zero attached hydrogens (tertiary/aromatic N) is 1. The SMILES string of the molecule is O=S(/N=C/c1ccc(Cl)cc1)C(F)(F)C(F)(F)Cl.